The second kappa shape index (κ2) is 5.24. The normalized spacial score (nSPS) is 12.0. The van der Waals surface area contributed by atoms with Crippen LogP contribution in [0.4, 0.5) is 11.4 Å². The molecule has 0 unspecified atom stereocenters. The summed E-state index contributed by atoms with van der Waals surface area (Å²) in [5.41, 5.74) is 7.30. The van der Waals surface area contributed by atoms with E-state index in [9.17, 15) is 4.79 Å². The Kier molecular flexibility index (Phi) is 3.27. The van der Waals surface area contributed by atoms with Crippen LogP contribution < -0.4 is 25.3 Å². The Morgan fingerprint density at radius 3 is 2.76 bits per heavy atom. The third kappa shape index (κ3) is 2.55. The topological polar surface area (TPSA) is 82.8 Å². The molecule has 0 aromatic heterocycles. The highest BCUT2D eigenvalue weighted by Crippen LogP contribution is 2.33. The molecule has 2 aromatic carbocycles. The summed E-state index contributed by atoms with van der Waals surface area (Å²) in [6.07, 6.45) is 0. The number of anilines is 2. The van der Waals surface area contributed by atoms with Gasteiger partial charge in [-0.2, -0.15) is 0 Å². The van der Waals surface area contributed by atoms with Gasteiger partial charge in [0.15, 0.2) is 11.5 Å². The second-order valence-corrected chi connectivity index (χ2v) is 4.48. The van der Waals surface area contributed by atoms with Crippen molar-refractivity contribution in [3.05, 3.63) is 42.0 Å². The zero-order valence-corrected chi connectivity index (χ0v) is 11.4. The minimum absolute atomic E-state index is 0.172. The van der Waals surface area contributed by atoms with Crippen molar-refractivity contribution in [2.24, 2.45) is 0 Å². The van der Waals surface area contributed by atoms with Gasteiger partial charge in [0.1, 0.15) is 5.75 Å². The van der Waals surface area contributed by atoms with E-state index in [1.54, 1.807) is 43.5 Å². The van der Waals surface area contributed by atoms with Crippen LogP contribution in [0.25, 0.3) is 0 Å². The van der Waals surface area contributed by atoms with Crippen molar-refractivity contribution in [2.75, 3.05) is 25.0 Å². The van der Waals surface area contributed by atoms with Gasteiger partial charge in [-0.05, 0) is 30.3 Å². The fourth-order valence-electron chi connectivity index (χ4n) is 2.01. The molecule has 3 N–H and O–H groups in total. The summed E-state index contributed by atoms with van der Waals surface area (Å²) in [5, 5.41) is 2.75. The molecule has 1 heterocycles. The van der Waals surface area contributed by atoms with Gasteiger partial charge in [-0.25, -0.2) is 0 Å². The van der Waals surface area contributed by atoms with E-state index >= 15 is 0 Å². The average Bonchev–Trinajstić information content (AvgIpc) is 2.96. The molecule has 0 saturated carbocycles. The molecule has 0 saturated heterocycles. The molecule has 1 amide bonds. The molecule has 6 heteroatoms. The number of carbonyl (C=O) groups excluding carboxylic acids is 1. The number of rotatable bonds is 3. The number of fused-ring (bicyclic) bond motifs is 1. The zero-order chi connectivity index (χ0) is 14.8. The van der Waals surface area contributed by atoms with Gasteiger partial charge in [0.2, 0.25) is 6.79 Å². The van der Waals surface area contributed by atoms with Crippen LogP contribution in [0.1, 0.15) is 10.4 Å². The van der Waals surface area contributed by atoms with E-state index in [1.807, 2.05) is 0 Å². The minimum Gasteiger partial charge on any atom is -0.497 e. The number of nitrogen functional groups attached to an aromatic ring is 1. The van der Waals surface area contributed by atoms with E-state index in [4.69, 9.17) is 19.9 Å². The Bertz CT molecular complexity index is 700. The molecule has 21 heavy (non-hydrogen) atoms. The molecule has 1 aliphatic rings. The second-order valence-electron chi connectivity index (χ2n) is 4.48. The largest absolute Gasteiger partial charge is 0.497 e. The molecule has 3 rings (SSSR count). The third-order valence-electron chi connectivity index (χ3n) is 3.14. The van der Waals surface area contributed by atoms with Crippen LogP contribution in [-0.4, -0.2) is 19.8 Å². The van der Waals surface area contributed by atoms with Gasteiger partial charge in [0, 0.05) is 11.6 Å². The van der Waals surface area contributed by atoms with Crippen LogP contribution in [0.2, 0.25) is 0 Å². The number of carbonyl (C=O) groups is 1. The van der Waals surface area contributed by atoms with Gasteiger partial charge in [0.05, 0.1) is 18.5 Å². The SMILES string of the molecule is COc1ccc(NC(=O)c2ccc3c(c2)OCO3)c(N)c1. The van der Waals surface area contributed by atoms with Crippen LogP contribution in [0.15, 0.2) is 36.4 Å². The number of methoxy groups -OCH3 is 1. The highest BCUT2D eigenvalue weighted by atomic mass is 16.7. The lowest BCUT2D eigenvalue weighted by Gasteiger charge is -2.10. The summed E-state index contributed by atoms with van der Waals surface area (Å²) >= 11 is 0. The van der Waals surface area contributed by atoms with Crippen molar-refractivity contribution >= 4 is 17.3 Å². The molecule has 108 valence electrons. The maximum Gasteiger partial charge on any atom is 0.255 e. The lowest BCUT2D eigenvalue weighted by atomic mass is 10.1. The molecular formula is C15H14N2O4. The van der Waals surface area contributed by atoms with Crippen LogP contribution in [0.3, 0.4) is 0 Å². The van der Waals surface area contributed by atoms with Crippen molar-refractivity contribution in [1.82, 2.24) is 0 Å². The van der Waals surface area contributed by atoms with Gasteiger partial charge < -0.3 is 25.3 Å². The average molecular weight is 286 g/mol. The highest BCUT2D eigenvalue weighted by Gasteiger charge is 2.16. The number of nitrogens with one attached hydrogen (secondary N) is 1. The first-order valence-electron chi connectivity index (χ1n) is 6.32. The first-order chi connectivity index (χ1) is 10.2. The van der Waals surface area contributed by atoms with Crippen molar-refractivity contribution in [1.29, 1.82) is 0 Å². The molecule has 2 aromatic rings. The Morgan fingerprint density at radius 2 is 2.00 bits per heavy atom. The molecular weight excluding hydrogens is 272 g/mol. The number of amides is 1. The van der Waals surface area contributed by atoms with Crippen LogP contribution in [0.5, 0.6) is 17.2 Å². The molecule has 0 radical (unpaired) electrons. The van der Waals surface area contributed by atoms with E-state index in [0.717, 1.165) is 0 Å². The maximum atomic E-state index is 12.2. The van der Waals surface area contributed by atoms with Crippen LogP contribution in [0, 0.1) is 0 Å². The van der Waals surface area contributed by atoms with Gasteiger partial charge in [0.25, 0.3) is 5.91 Å². The van der Waals surface area contributed by atoms with E-state index in [2.05, 4.69) is 5.32 Å². The van der Waals surface area contributed by atoms with Crippen LogP contribution in [-0.2, 0) is 0 Å². The summed E-state index contributed by atoms with van der Waals surface area (Å²) in [4.78, 5) is 12.2. The summed E-state index contributed by atoms with van der Waals surface area (Å²) in [5.74, 6) is 1.56. The Labute approximate surface area is 121 Å². The molecule has 0 fully saturated rings. The zero-order valence-electron chi connectivity index (χ0n) is 11.4. The summed E-state index contributed by atoms with van der Waals surface area (Å²) < 4.78 is 15.5. The molecule has 6 nitrogen and oxygen atoms in total. The van der Waals surface area contributed by atoms with Crippen molar-refractivity contribution in [2.45, 2.75) is 0 Å². The third-order valence-corrected chi connectivity index (χ3v) is 3.14. The first-order valence-corrected chi connectivity index (χ1v) is 6.32. The predicted molar refractivity (Wildman–Crippen MR) is 77.9 cm³/mol. The summed E-state index contributed by atoms with van der Waals surface area (Å²) in [6.45, 7) is 0.172. The van der Waals surface area contributed by atoms with E-state index < -0.39 is 0 Å². The molecule has 1 aliphatic heterocycles. The number of hydrogen-bond acceptors (Lipinski definition) is 5. The quantitative estimate of drug-likeness (QED) is 0.846. The standard InChI is InChI=1S/C15H14N2O4/c1-19-10-3-4-12(11(16)7-10)17-15(18)9-2-5-13-14(6-9)21-8-20-13/h2-7H,8,16H2,1H3,(H,17,18). The molecule has 0 atom stereocenters. The molecule has 0 bridgehead atoms. The van der Waals surface area contributed by atoms with E-state index in [-0.39, 0.29) is 12.7 Å². The van der Waals surface area contributed by atoms with E-state index in [0.29, 0.717) is 34.2 Å². The fourth-order valence-corrected chi connectivity index (χ4v) is 2.01. The predicted octanol–water partition coefficient (Wildman–Crippen LogP) is 2.26. The van der Waals surface area contributed by atoms with Gasteiger partial charge >= 0.3 is 0 Å². The fraction of sp³-hybridized carbons (Fsp3) is 0.133. The lowest BCUT2D eigenvalue weighted by molar-refractivity contribution is 0.102. The summed E-state index contributed by atoms with van der Waals surface area (Å²) in [7, 11) is 1.56. The van der Waals surface area contributed by atoms with Crippen molar-refractivity contribution in [3.8, 4) is 17.2 Å². The maximum absolute atomic E-state index is 12.2. The Balaban J connectivity index is 1.80. The Hall–Kier alpha value is -2.89. The first kappa shape index (κ1) is 13.1. The monoisotopic (exact) mass is 286 g/mol. The molecule has 0 aliphatic carbocycles. The van der Waals surface area contributed by atoms with Gasteiger partial charge in [-0.15, -0.1) is 0 Å². The number of benzene rings is 2. The van der Waals surface area contributed by atoms with Crippen molar-refractivity contribution < 1.29 is 19.0 Å². The number of hydrogen-bond donors (Lipinski definition) is 2. The molecule has 0 spiro atoms. The van der Waals surface area contributed by atoms with E-state index in [1.165, 1.54) is 0 Å². The van der Waals surface area contributed by atoms with Crippen molar-refractivity contribution in [3.63, 3.8) is 0 Å². The number of ether oxygens (including phenoxy) is 3. The summed E-state index contributed by atoms with van der Waals surface area (Å²) in [6, 6.07) is 10.1. The van der Waals surface area contributed by atoms with Gasteiger partial charge in [-0.1, -0.05) is 0 Å². The number of nitrogens with two attached hydrogens (primary N) is 1. The smallest absolute Gasteiger partial charge is 0.255 e. The highest BCUT2D eigenvalue weighted by molar-refractivity contribution is 6.06. The lowest BCUT2D eigenvalue weighted by Crippen LogP contribution is -2.13. The Morgan fingerprint density at radius 1 is 1.19 bits per heavy atom. The van der Waals surface area contributed by atoms with Crippen LogP contribution >= 0.6 is 0 Å². The minimum atomic E-state index is -0.273. The van der Waals surface area contributed by atoms with Gasteiger partial charge in [-0.3, -0.25) is 4.79 Å².